The van der Waals surface area contributed by atoms with Crippen molar-refractivity contribution in [2.24, 2.45) is 0 Å². The summed E-state index contributed by atoms with van der Waals surface area (Å²) in [6.07, 6.45) is -0.970. The predicted octanol–water partition coefficient (Wildman–Crippen LogP) is 2.39. The summed E-state index contributed by atoms with van der Waals surface area (Å²) in [5.41, 5.74) is 0.471. The second-order valence-corrected chi connectivity index (χ2v) is 4.68. The van der Waals surface area contributed by atoms with Gasteiger partial charge in [0, 0.05) is 18.7 Å². The topological polar surface area (TPSA) is 64.0 Å². The van der Waals surface area contributed by atoms with Gasteiger partial charge in [-0.1, -0.05) is 6.07 Å². The van der Waals surface area contributed by atoms with Crippen molar-refractivity contribution in [2.75, 3.05) is 11.4 Å². The molecule has 0 saturated heterocycles. The molecular weight excluding hydrogens is 244 g/mol. The number of aliphatic hydroxyl groups excluding tert-OH is 1. The molecule has 0 saturated carbocycles. The van der Waals surface area contributed by atoms with Crippen molar-refractivity contribution in [3.05, 3.63) is 24.3 Å². The number of amides is 2. The van der Waals surface area contributed by atoms with Gasteiger partial charge < -0.3 is 15.1 Å². The van der Waals surface area contributed by atoms with E-state index in [9.17, 15) is 15.0 Å². The first-order valence-corrected chi connectivity index (χ1v) is 6.45. The van der Waals surface area contributed by atoms with Crippen LogP contribution in [0.4, 0.5) is 10.5 Å². The van der Waals surface area contributed by atoms with Gasteiger partial charge in [-0.2, -0.15) is 0 Å². The van der Waals surface area contributed by atoms with E-state index in [1.54, 1.807) is 17.0 Å². The number of rotatable bonds is 4. The van der Waals surface area contributed by atoms with Crippen molar-refractivity contribution >= 4 is 11.7 Å². The van der Waals surface area contributed by atoms with Gasteiger partial charge in [0.1, 0.15) is 12.0 Å². The van der Waals surface area contributed by atoms with Gasteiger partial charge in [0.25, 0.3) is 0 Å². The second-order valence-electron chi connectivity index (χ2n) is 4.68. The molecule has 0 unspecified atom stereocenters. The molecule has 0 aromatic heterocycles. The number of nitrogens with zero attached hydrogens (tertiary/aromatic N) is 2. The first-order chi connectivity index (χ1) is 8.88. The van der Waals surface area contributed by atoms with E-state index in [-0.39, 0.29) is 17.8 Å². The van der Waals surface area contributed by atoms with Crippen LogP contribution in [0.3, 0.4) is 0 Å². The number of carbonyl (C=O) groups is 1. The molecule has 5 heteroatoms. The summed E-state index contributed by atoms with van der Waals surface area (Å²) in [6, 6.07) is 6.05. The van der Waals surface area contributed by atoms with Crippen LogP contribution in [0, 0.1) is 0 Å². The molecule has 1 atom stereocenters. The van der Waals surface area contributed by atoms with E-state index in [4.69, 9.17) is 0 Å². The van der Waals surface area contributed by atoms with Crippen molar-refractivity contribution in [3.8, 4) is 5.75 Å². The summed E-state index contributed by atoms with van der Waals surface area (Å²) in [7, 11) is 0. The third-order valence-corrected chi connectivity index (χ3v) is 2.90. The summed E-state index contributed by atoms with van der Waals surface area (Å²) >= 11 is 0. The first kappa shape index (κ1) is 15.3. The highest BCUT2D eigenvalue weighted by atomic mass is 16.3. The van der Waals surface area contributed by atoms with Crippen LogP contribution in [0.25, 0.3) is 0 Å². The zero-order valence-corrected chi connectivity index (χ0v) is 11.9. The maximum absolute atomic E-state index is 12.5. The number of carbonyl (C=O) groups excluding carboxylic acids is 1. The number of aliphatic hydroxyl groups is 1. The van der Waals surface area contributed by atoms with Crippen molar-refractivity contribution in [1.82, 2.24) is 4.90 Å². The van der Waals surface area contributed by atoms with Crippen LogP contribution in [0.15, 0.2) is 24.3 Å². The van der Waals surface area contributed by atoms with Crippen LogP contribution >= 0.6 is 0 Å². The monoisotopic (exact) mass is 266 g/mol. The summed E-state index contributed by atoms with van der Waals surface area (Å²) in [4.78, 5) is 15.4. The van der Waals surface area contributed by atoms with E-state index in [1.165, 1.54) is 24.0 Å². The SMILES string of the molecule is CCN(C(=O)N(c1cccc(O)c1)[C@@H](C)O)C(C)C. The Morgan fingerprint density at radius 2 is 1.95 bits per heavy atom. The second kappa shape index (κ2) is 6.43. The van der Waals surface area contributed by atoms with E-state index < -0.39 is 6.23 Å². The van der Waals surface area contributed by atoms with Crippen LogP contribution in [0.5, 0.6) is 5.75 Å². The Bertz CT molecular complexity index is 432. The Morgan fingerprint density at radius 3 is 2.37 bits per heavy atom. The Kier molecular flexibility index (Phi) is 5.18. The standard InChI is InChI=1S/C14H22N2O3/c1-5-15(10(2)3)14(19)16(11(4)17)12-7-6-8-13(18)9-12/h6-11,17-18H,5H2,1-4H3/t11-/m1/s1. The maximum atomic E-state index is 12.5. The fourth-order valence-corrected chi connectivity index (χ4v) is 1.99. The third kappa shape index (κ3) is 3.61. The van der Waals surface area contributed by atoms with Crippen LogP contribution in [0.1, 0.15) is 27.7 Å². The van der Waals surface area contributed by atoms with Gasteiger partial charge >= 0.3 is 6.03 Å². The van der Waals surface area contributed by atoms with Gasteiger partial charge in [0.05, 0.1) is 5.69 Å². The molecule has 0 aliphatic rings. The van der Waals surface area contributed by atoms with Crippen LogP contribution < -0.4 is 4.90 Å². The molecule has 1 aromatic rings. The maximum Gasteiger partial charge on any atom is 0.326 e. The van der Waals surface area contributed by atoms with Crippen LogP contribution in [0.2, 0.25) is 0 Å². The summed E-state index contributed by atoms with van der Waals surface area (Å²) in [5, 5.41) is 19.3. The number of hydrogen-bond donors (Lipinski definition) is 2. The van der Waals surface area contributed by atoms with E-state index >= 15 is 0 Å². The zero-order chi connectivity index (χ0) is 14.6. The first-order valence-electron chi connectivity index (χ1n) is 6.45. The fourth-order valence-electron chi connectivity index (χ4n) is 1.99. The minimum atomic E-state index is -0.970. The highest BCUT2D eigenvalue weighted by Gasteiger charge is 2.26. The van der Waals surface area contributed by atoms with E-state index in [0.29, 0.717) is 12.2 Å². The highest BCUT2D eigenvalue weighted by Crippen LogP contribution is 2.23. The number of urea groups is 1. The molecule has 0 bridgehead atoms. The summed E-state index contributed by atoms with van der Waals surface area (Å²) in [5.74, 6) is 0.0588. The van der Waals surface area contributed by atoms with E-state index in [1.807, 2.05) is 20.8 Å². The van der Waals surface area contributed by atoms with Gasteiger partial charge in [-0.25, -0.2) is 4.79 Å². The molecular formula is C14H22N2O3. The number of benzene rings is 1. The molecule has 19 heavy (non-hydrogen) atoms. The van der Waals surface area contributed by atoms with Gasteiger partial charge in [-0.3, -0.25) is 4.90 Å². The molecule has 5 nitrogen and oxygen atoms in total. The number of phenols is 1. The smallest absolute Gasteiger partial charge is 0.326 e. The number of phenolic OH excluding ortho intramolecular Hbond substituents is 1. The molecule has 0 spiro atoms. The Morgan fingerprint density at radius 1 is 1.32 bits per heavy atom. The minimum Gasteiger partial charge on any atom is -0.508 e. The van der Waals surface area contributed by atoms with E-state index in [0.717, 1.165) is 0 Å². The molecule has 0 aliphatic carbocycles. The molecule has 2 N–H and O–H groups in total. The van der Waals surface area contributed by atoms with E-state index in [2.05, 4.69) is 0 Å². The average Bonchev–Trinajstić information content (AvgIpc) is 2.28. The summed E-state index contributed by atoms with van der Waals surface area (Å²) in [6.45, 7) is 7.81. The lowest BCUT2D eigenvalue weighted by Crippen LogP contribution is -2.50. The lowest BCUT2D eigenvalue weighted by atomic mass is 10.2. The largest absolute Gasteiger partial charge is 0.508 e. The predicted molar refractivity (Wildman–Crippen MR) is 75.2 cm³/mol. The van der Waals surface area contributed by atoms with Crippen molar-refractivity contribution in [2.45, 2.75) is 40.0 Å². The molecule has 0 radical (unpaired) electrons. The van der Waals surface area contributed by atoms with Gasteiger partial charge in [-0.05, 0) is 39.8 Å². The minimum absolute atomic E-state index is 0.0380. The summed E-state index contributed by atoms with van der Waals surface area (Å²) < 4.78 is 0. The molecule has 2 amide bonds. The quantitative estimate of drug-likeness (QED) is 0.822. The fraction of sp³-hybridized carbons (Fsp3) is 0.500. The Balaban J connectivity index is 3.11. The van der Waals surface area contributed by atoms with Crippen LogP contribution in [-0.4, -0.2) is 40.0 Å². The van der Waals surface area contributed by atoms with Gasteiger partial charge in [0.15, 0.2) is 0 Å². The highest BCUT2D eigenvalue weighted by molar-refractivity contribution is 5.92. The molecule has 1 aromatic carbocycles. The zero-order valence-electron chi connectivity index (χ0n) is 11.9. The number of aromatic hydroxyl groups is 1. The molecule has 0 fully saturated rings. The van der Waals surface area contributed by atoms with Crippen molar-refractivity contribution in [1.29, 1.82) is 0 Å². The lowest BCUT2D eigenvalue weighted by molar-refractivity contribution is 0.156. The van der Waals surface area contributed by atoms with Crippen molar-refractivity contribution in [3.63, 3.8) is 0 Å². The average molecular weight is 266 g/mol. The molecule has 0 heterocycles. The van der Waals surface area contributed by atoms with Crippen LogP contribution in [-0.2, 0) is 0 Å². The number of anilines is 1. The van der Waals surface area contributed by atoms with Gasteiger partial charge in [0.2, 0.25) is 0 Å². The molecule has 1 rings (SSSR count). The Hall–Kier alpha value is -1.75. The Labute approximate surface area is 114 Å². The molecule has 106 valence electrons. The normalized spacial score (nSPS) is 12.3. The molecule has 0 aliphatic heterocycles. The lowest BCUT2D eigenvalue weighted by Gasteiger charge is -2.34. The number of hydrogen-bond acceptors (Lipinski definition) is 3. The van der Waals surface area contributed by atoms with Gasteiger partial charge in [-0.15, -0.1) is 0 Å². The third-order valence-electron chi connectivity index (χ3n) is 2.90. The van der Waals surface area contributed by atoms with Crippen molar-refractivity contribution < 1.29 is 15.0 Å².